The second-order valence-corrected chi connectivity index (χ2v) is 8.31. The Hall–Kier alpha value is -2.22. The molecule has 2 bridgehead atoms. The van der Waals surface area contributed by atoms with Gasteiger partial charge < -0.3 is 19.4 Å². The highest BCUT2D eigenvalue weighted by Crippen LogP contribution is 2.41. The maximum Gasteiger partial charge on any atom is 0.416 e. The van der Waals surface area contributed by atoms with Crippen molar-refractivity contribution in [3.05, 3.63) is 29.5 Å². The van der Waals surface area contributed by atoms with E-state index in [2.05, 4.69) is 5.32 Å². The summed E-state index contributed by atoms with van der Waals surface area (Å²) in [6.07, 6.45) is 1.52. The van der Waals surface area contributed by atoms with Crippen LogP contribution in [-0.2, 0) is 10.9 Å². The molecule has 5 nitrogen and oxygen atoms in total. The number of fused-ring (bicyclic) bond motifs is 5. The third-order valence-electron chi connectivity index (χ3n) is 6.37. The largest absolute Gasteiger partial charge is 0.449 e. The number of rotatable bonds is 3. The van der Waals surface area contributed by atoms with Gasteiger partial charge in [0.1, 0.15) is 5.58 Å². The highest BCUT2D eigenvalue weighted by Gasteiger charge is 2.36. The minimum absolute atomic E-state index is 0.101. The number of nitrogens with zero attached hydrogens (tertiary/aromatic N) is 1. The number of carbonyl (C=O) groups excluding carboxylic acids is 1. The standard InChI is InChI=1S/C21H23F3N2O3/c22-21(23,24)13-1-4-17-16(11-13)18-19(29-17)20(27)25-6-8-26(18)7-5-12-9-14-2-3-15(10-12)28-14/h1,4,11-12,14-15H,2-3,5-10H2,(H,25,27). The van der Waals surface area contributed by atoms with Crippen LogP contribution < -0.4 is 10.2 Å². The molecule has 1 aromatic heterocycles. The Kier molecular flexibility index (Phi) is 4.49. The molecule has 4 heterocycles. The minimum atomic E-state index is -4.45. The number of anilines is 1. The number of furan rings is 1. The highest BCUT2D eigenvalue weighted by molar-refractivity contribution is 6.07. The Morgan fingerprint density at radius 3 is 2.66 bits per heavy atom. The fourth-order valence-electron chi connectivity index (χ4n) is 4.99. The molecule has 0 saturated carbocycles. The summed E-state index contributed by atoms with van der Waals surface area (Å²) in [5.74, 6) is 0.265. The van der Waals surface area contributed by atoms with Crippen LogP contribution in [0.25, 0.3) is 11.0 Å². The Labute approximate surface area is 166 Å². The summed E-state index contributed by atoms with van der Waals surface area (Å²) >= 11 is 0. The van der Waals surface area contributed by atoms with Crippen molar-refractivity contribution >= 4 is 22.6 Å². The van der Waals surface area contributed by atoms with Gasteiger partial charge in [-0.05, 0) is 56.2 Å². The van der Waals surface area contributed by atoms with Gasteiger partial charge in [0.2, 0.25) is 5.76 Å². The Morgan fingerprint density at radius 2 is 1.93 bits per heavy atom. The van der Waals surface area contributed by atoms with E-state index in [1.807, 2.05) is 4.90 Å². The van der Waals surface area contributed by atoms with Crippen LogP contribution in [0.1, 0.15) is 48.2 Å². The zero-order chi connectivity index (χ0) is 20.2. The fourth-order valence-corrected chi connectivity index (χ4v) is 4.99. The van der Waals surface area contributed by atoms with Crippen LogP contribution in [0.15, 0.2) is 22.6 Å². The summed E-state index contributed by atoms with van der Waals surface area (Å²) in [4.78, 5) is 14.4. The van der Waals surface area contributed by atoms with Gasteiger partial charge in [-0.1, -0.05) is 0 Å². The van der Waals surface area contributed by atoms with Gasteiger partial charge in [-0.15, -0.1) is 0 Å². The summed E-state index contributed by atoms with van der Waals surface area (Å²) in [6, 6.07) is 3.39. The zero-order valence-corrected chi connectivity index (χ0v) is 15.9. The third-order valence-corrected chi connectivity index (χ3v) is 6.37. The number of carbonyl (C=O) groups is 1. The highest BCUT2D eigenvalue weighted by atomic mass is 19.4. The molecule has 156 valence electrons. The first-order chi connectivity index (χ1) is 13.9. The molecule has 3 aliphatic heterocycles. The van der Waals surface area contributed by atoms with Gasteiger partial charge in [0.25, 0.3) is 5.91 Å². The van der Waals surface area contributed by atoms with Gasteiger partial charge in [0.05, 0.1) is 23.5 Å². The number of nitrogens with one attached hydrogen (secondary N) is 1. The van der Waals surface area contributed by atoms with Crippen molar-refractivity contribution in [3.63, 3.8) is 0 Å². The molecule has 1 aromatic carbocycles. The molecule has 29 heavy (non-hydrogen) atoms. The van der Waals surface area contributed by atoms with Crippen molar-refractivity contribution in [3.8, 4) is 0 Å². The topological polar surface area (TPSA) is 54.7 Å². The first-order valence-corrected chi connectivity index (χ1v) is 10.2. The molecule has 2 unspecified atom stereocenters. The molecule has 0 radical (unpaired) electrons. The summed E-state index contributed by atoms with van der Waals surface area (Å²) in [5.41, 5.74) is 0.0458. The third kappa shape index (κ3) is 3.47. The van der Waals surface area contributed by atoms with Crippen molar-refractivity contribution in [1.82, 2.24) is 5.32 Å². The number of hydrogen-bond donors (Lipinski definition) is 1. The first-order valence-electron chi connectivity index (χ1n) is 10.2. The molecule has 5 rings (SSSR count). The van der Waals surface area contributed by atoms with E-state index in [-0.39, 0.29) is 11.7 Å². The van der Waals surface area contributed by atoms with Crippen LogP contribution in [0.5, 0.6) is 0 Å². The predicted molar refractivity (Wildman–Crippen MR) is 101 cm³/mol. The van der Waals surface area contributed by atoms with Crippen molar-refractivity contribution in [1.29, 1.82) is 0 Å². The Morgan fingerprint density at radius 1 is 1.17 bits per heavy atom. The van der Waals surface area contributed by atoms with Crippen LogP contribution in [0.3, 0.4) is 0 Å². The number of alkyl halides is 3. The van der Waals surface area contributed by atoms with Crippen molar-refractivity contribution in [2.75, 3.05) is 24.5 Å². The average molecular weight is 408 g/mol. The van der Waals surface area contributed by atoms with Gasteiger partial charge in [-0.2, -0.15) is 13.2 Å². The predicted octanol–water partition coefficient (Wildman–Crippen LogP) is 4.35. The fraction of sp³-hybridized carbons (Fsp3) is 0.571. The number of amides is 1. The van der Waals surface area contributed by atoms with Crippen molar-refractivity contribution < 1.29 is 27.1 Å². The minimum Gasteiger partial charge on any atom is -0.449 e. The maximum atomic E-state index is 13.2. The van der Waals surface area contributed by atoms with E-state index in [9.17, 15) is 18.0 Å². The van der Waals surface area contributed by atoms with Crippen LogP contribution in [-0.4, -0.2) is 37.7 Å². The number of hydrogen-bond acceptors (Lipinski definition) is 4. The van der Waals surface area contributed by atoms with Gasteiger partial charge in [0, 0.05) is 25.0 Å². The van der Waals surface area contributed by atoms with Gasteiger partial charge in [-0.25, -0.2) is 0 Å². The molecular weight excluding hydrogens is 385 g/mol. The summed E-state index contributed by atoms with van der Waals surface area (Å²) in [5, 5.41) is 3.13. The number of ether oxygens (including phenoxy) is 1. The monoisotopic (exact) mass is 408 g/mol. The Balaban J connectivity index is 1.45. The lowest BCUT2D eigenvalue weighted by Gasteiger charge is -2.31. The molecule has 1 N–H and O–H groups in total. The molecule has 2 aromatic rings. The molecule has 2 atom stereocenters. The van der Waals surface area contributed by atoms with Crippen LogP contribution in [0.2, 0.25) is 0 Å². The van der Waals surface area contributed by atoms with Gasteiger partial charge in [0.15, 0.2) is 0 Å². The summed E-state index contributed by atoms with van der Waals surface area (Å²) in [6.45, 7) is 1.65. The number of halogens is 3. The van der Waals surface area contributed by atoms with Crippen molar-refractivity contribution in [2.24, 2.45) is 5.92 Å². The molecule has 3 aliphatic rings. The zero-order valence-electron chi connectivity index (χ0n) is 15.9. The molecule has 2 saturated heterocycles. The van der Waals surface area contributed by atoms with Crippen LogP contribution in [0, 0.1) is 5.92 Å². The van der Waals surface area contributed by atoms with E-state index < -0.39 is 11.7 Å². The Bertz CT molecular complexity index is 927. The molecular formula is C21H23F3N2O3. The molecule has 0 aliphatic carbocycles. The second-order valence-electron chi connectivity index (χ2n) is 8.31. The van der Waals surface area contributed by atoms with E-state index >= 15 is 0 Å². The summed E-state index contributed by atoms with van der Waals surface area (Å²) < 4.78 is 51.3. The van der Waals surface area contributed by atoms with E-state index in [0.717, 1.165) is 44.2 Å². The van der Waals surface area contributed by atoms with E-state index in [0.29, 0.717) is 54.4 Å². The van der Waals surface area contributed by atoms with Crippen LogP contribution >= 0.6 is 0 Å². The van der Waals surface area contributed by atoms with Crippen molar-refractivity contribution in [2.45, 2.75) is 50.5 Å². The van der Waals surface area contributed by atoms with E-state index in [4.69, 9.17) is 9.15 Å². The second kappa shape index (κ2) is 6.93. The molecule has 8 heteroatoms. The smallest absolute Gasteiger partial charge is 0.416 e. The lowest BCUT2D eigenvalue weighted by molar-refractivity contribution is -0.137. The lowest BCUT2D eigenvalue weighted by Crippen LogP contribution is -2.33. The molecule has 2 fully saturated rings. The maximum absolute atomic E-state index is 13.2. The normalized spacial score (nSPS) is 27.1. The molecule has 1 amide bonds. The van der Waals surface area contributed by atoms with Gasteiger partial charge in [-0.3, -0.25) is 4.79 Å². The quantitative estimate of drug-likeness (QED) is 0.821. The van der Waals surface area contributed by atoms with Gasteiger partial charge >= 0.3 is 6.18 Å². The first kappa shape index (κ1) is 18.8. The average Bonchev–Trinajstić information content (AvgIpc) is 3.18. The lowest BCUT2D eigenvalue weighted by atomic mass is 9.92. The molecule has 0 spiro atoms. The summed E-state index contributed by atoms with van der Waals surface area (Å²) in [7, 11) is 0. The van der Waals surface area contributed by atoms with Crippen LogP contribution in [0.4, 0.5) is 18.9 Å². The van der Waals surface area contributed by atoms with E-state index in [1.54, 1.807) is 0 Å². The van der Waals surface area contributed by atoms with E-state index in [1.165, 1.54) is 6.07 Å². The SMILES string of the molecule is O=C1NCCN(CCC2CC3CCC(C2)O3)c2c1oc1ccc(C(F)(F)F)cc21. The number of benzene rings is 1.